The van der Waals surface area contributed by atoms with Crippen LogP contribution in [0.4, 0.5) is 5.69 Å². The van der Waals surface area contributed by atoms with Crippen LogP contribution in [0.5, 0.6) is 0 Å². The first-order valence-electron chi connectivity index (χ1n) is 17.9. The molecule has 1 atom stereocenters. The Hall–Kier alpha value is -4.97. The van der Waals surface area contributed by atoms with E-state index in [4.69, 9.17) is 19.8 Å². The quantitative estimate of drug-likeness (QED) is 0.150. The van der Waals surface area contributed by atoms with Crippen molar-refractivity contribution in [1.82, 2.24) is 30.0 Å². The Morgan fingerprint density at radius 1 is 0.820 bits per heavy atom. The van der Waals surface area contributed by atoms with Crippen LogP contribution in [0.1, 0.15) is 108 Å². The number of unbranched alkanes of at least 4 members (excludes halogenated alkanes) is 3. The van der Waals surface area contributed by atoms with Crippen LogP contribution in [0.15, 0.2) is 48.8 Å². The summed E-state index contributed by atoms with van der Waals surface area (Å²) in [6.45, 7) is 3.19. The molecule has 2 saturated heterocycles. The maximum Gasteiger partial charge on any atom is 0.262 e. The summed E-state index contributed by atoms with van der Waals surface area (Å²) in [4.78, 5) is 60.7. The smallest absolute Gasteiger partial charge is 0.262 e. The molecule has 4 aliphatic rings. The van der Waals surface area contributed by atoms with E-state index < -0.39 is 23.8 Å². The lowest BCUT2D eigenvalue weighted by Crippen LogP contribution is -2.54. The van der Waals surface area contributed by atoms with Crippen molar-refractivity contribution in [3.8, 4) is 11.3 Å². The summed E-state index contributed by atoms with van der Waals surface area (Å²) in [7, 11) is 0. The lowest BCUT2D eigenvalue weighted by Gasteiger charge is -2.27. The number of nitrogens with one attached hydrogen (secondary N) is 2. The first-order chi connectivity index (χ1) is 24.4. The molecule has 0 spiro atoms. The number of aromatic nitrogens is 4. The van der Waals surface area contributed by atoms with Gasteiger partial charge in [0.2, 0.25) is 11.8 Å². The monoisotopic (exact) mass is 675 g/mol. The van der Waals surface area contributed by atoms with Crippen molar-refractivity contribution in [1.29, 1.82) is 0 Å². The molecule has 4 aromatic rings. The number of fused-ring (bicyclic) bond motifs is 2. The first-order valence-corrected chi connectivity index (χ1v) is 17.9. The predicted octanol–water partition coefficient (Wildman–Crippen LogP) is 5.34. The number of imide groups is 2. The van der Waals surface area contributed by atoms with Gasteiger partial charge in [-0.25, -0.2) is 4.98 Å². The summed E-state index contributed by atoms with van der Waals surface area (Å²) >= 11 is 0. The normalized spacial score (nSPS) is 19.7. The number of benzene rings is 2. The van der Waals surface area contributed by atoms with E-state index in [1.54, 1.807) is 18.2 Å². The van der Waals surface area contributed by atoms with Crippen molar-refractivity contribution in [2.75, 3.05) is 25.1 Å². The third-order valence-electron chi connectivity index (χ3n) is 10.4. The summed E-state index contributed by atoms with van der Waals surface area (Å²) in [6, 6.07) is 10.6. The third-order valence-corrected chi connectivity index (χ3v) is 10.4. The second-order valence-corrected chi connectivity index (χ2v) is 13.9. The van der Waals surface area contributed by atoms with Gasteiger partial charge in [-0.15, -0.1) is 0 Å². The molecule has 8 rings (SSSR count). The summed E-state index contributed by atoms with van der Waals surface area (Å²) < 4.78 is 7.64. The minimum atomic E-state index is -0.965. The highest BCUT2D eigenvalue weighted by Crippen LogP contribution is 2.43. The highest BCUT2D eigenvalue weighted by molar-refractivity contribution is 6.23. The van der Waals surface area contributed by atoms with E-state index in [0.717, 1.165) is 103 Å². The molecule has 2 N–H and O–H groups in total. The highest BCUT2D eigenvalue weighted by atomic mass is 16.5. The molecule has 4 amide bonds. The molecule has 1 aliphatic carbocycles. The number of rotatable bonds is 12. The fourth-order valence-electron chi connectivity index (χ4n) is 7.42. The van der Waals surface area contributed by atoms with Gasteiger partial charge in [0.15, 0.2) is 0 Å². The summed E-state index contributed by atoms with van der Waals surface area (Å²) in [6.07, 6.45) is 12.7. The second-order valence-electron chi connectivity index (χ2n) is 13.9. The Balaban J connectivity index is 0.834. The molecule has 0 radical (unpaired) electrons. The number of nitrogens with zero attached hydrogens (tertiary/aromatic N) is 5. The second kappa shape index (κ2) is 13.7. The van der Waals surface area contributed by atoms with Crippen molar-refractivity contribution in [3.05, 3.63) is 71.2 Å². The van der Waals surface area contributed by atoms with E-state index in [1.807, 2.05) is 6.20 Å². The number of hydrogen-bond acceptors (Lipinski definition) is 9. The van der Waals surface area contributed by atoms with E-state index in [9.17, 15) is 19.2 Å². The van der Waals surface area contributed by atoms with Crippen molar-refractivity contribution < 1.29 is 23.9 Å². The molecule has 2 aromatic heterocycles. The molecule has 5 heterocycles. The minimum absolute atomic E-state index is 0.0970. The van der Waals surface area contributed by atoms with Crippen molar-refractivity contribution in [3.63, 3.8) is 0 Å². The van der Waals surface area contributed by atoms with Gasteiger partial charge in [0, 0.05) is 56.1 Å². The van der Waals surface area contributed by atoms with Crippen LogP contribution in [-0.4, -0.2) is 74.1 Å². The maximum absolute atomic E-state index is 13.1. The number of aryl methyl sites for hydroxylation is 1. The number of piperidine rings is 1. The average Bonchev–Trinajstić information content (AvgIpc) is 3.85. The fourth-order valence-corrected chi connectivity index (χ4v) is 7.42. The van der Waals surface area contributed by atoms with Gasteiger partial charge in [-0.2, -0.15) is 5.10 Å². The van der Waals surface area contributed by atoms with Gasteiger partial charge in [0.1, 0.15) is 6.04 Å². The Kier molecular flexibility index (Phi) is 8.86. The fraction of sp³-hybridized carbons (Fsp3) is 0.447. The van der Waals surface area contributed by atoms with Crippen LogP contribution >= 0.6 is 0 Å². The number of ether oxygens (including phenoxy) is 1. The van der Waals surface area contributed by atoms with Gasteiger partial charge in [-0.1, -0.05) is 18.9 Å². The van der Waals surface area contributed by atoms with Crippen LogP contribution in [0, 0.1) is 0 Å². The average molecular weight is 676 g/mol. The zero-order valence-corrected chi connectivity index (χ0v) is 28.0. The topological polar surface area (TPSA) is 148 Å². The lowest BCUT2D eigenvalue weighted by molar-refractivity contribution is -0.136. The Bertz CT molecular complexity index is 1980. The van der Waals surface area contributed by atoms with Crippen LogP contribution in [-0.2, 0) is 20.9 Å². The van der Waals surface area contributed by atoms with Crippen molar-refractivity contribution >= 4 is 40.3 Å². The highest BCUT2D eigenvalue weighted by Gasteiger charge is 2.44. The van der Waals surface area contributed by atoms with Gasteiger partial charge in [-0.3, -0.25) is 39.1 Å². The van der Waals surface area contributed by atoms with E-state index in [-0.39, 0.29) is 29.9 Å². The van der Waals surface area contributed by atoms with E-state index in [1.165, 1.54) is 18.4 Å². The molecule has 3 aliphatic heterocycles. The van der Waals surface area contributed by atoms with Gasteiger partial charge >= 0.3 is 0 Å². The molecule has 12 nitrogen and oxygen atoms in total. The summed E-state index contributed by atoms with van der Waals surface area (Å²) in [5, 5.41) is 10.6. The summed E-state index contributed by atoms with van der Waals surface area (Å²) in [5.41, 5.74) is 7.60. The molecule has 2 aromatic carbocycles. The number of anilines is 1. The van der Waals surface area contributed by atoms with Crippen molar-refractivity contribution in [2.45, 2.75) is 88.6 Å². The lowest BCUT2D eigenvalue weighted by atomic mass is 9.91. The standard InChI is InChI=1S/C38H41N7O5/c46-34-12-11-33(36(47)42-34)45-37(48)27-9-8-26(20-28(27)38(45)49)39-15-3-1-2-4-16-44-22-29(35(43-44)24-5-6-24)32-21-40-30-10-7-25(19-31(30)41-32)23-13-17-50-18-14-23/h7-10,19-24,33,39H,1-6,11-18H2,(H,42,46,47). The molecular weight excluding hydrogens is 634 g/mol. The zero-order valence-electron chi connectivity index (χ0n) is 28.0. The van der Waals surface area contributed by atoms with Crippen LogP contribution in [0.2, 0.25) is 0 Å². The number of amides is 4. The first kappa shape index (κ1) is 32.2. The van der Waals surface area contributed by atoms with Crippen LogP contribution in [0.25, 0.3) is 22.3 Å². The molecule has 3 fully saturated rings. The van der Waals surface area contributed by atoms with Crippen LogP contribution in [0.3, 0.4) is 0 Å². The molecule has 50 heavy (non-hydrogen) atoms. The number of carbonyl (C=O) groups excluding carboxylic acids is 4. The Morgan fingerprint density at radius 2 is 1.64 bits per heavy atom. The zero-order chi connectivity index (χ0) is 34.2. The third kappa shape index (κ3) is 6.51. The summed E-state index contributed by atoms with van der Waals surface area (Å²) in [5.74, 6) is -0.983. The molecular formula is C38H41N7O5. The molecule has 0 bridgehead atoms. The van der Waals surface area contributed by atoms with Gasteiger partial charge < -0.3 is 10.1 Å². The molecule has 12 heteroatoms. The van der Waals surface area contributed by atoms with Crippen molar-refractivity contribution in [2.24, 2.45) is 0 Å². The van der Waals surface area contributed by atoms with Gasteiger partial charge in [-0.05, 0) is 86.8 Å². The maximum atomic E-state index is 13.1. The van der Waals surface area contributed by atoms with E-state index in [0.29, 0.717) is 11.8 Å². The molecule has 258 valence electrons. The van der Waals surface area contributed by atoms with Gasteiger partial charge in [0.05, 0.1) is 39.7 Å². The molecule has 1 unspecified atom stereocenters. The van der Waals surface area contributed by atoms with E-state index in [2.05, 4.69) is 39.7 Å². The largest absolute Gasteiger partial charge is 0.385 e. The number of hydrogen-bond donors (Lipinski definition) is 2. The Morgan fingerprint density at radius 3 is 2.46 bits per heavy atom. The number of carbonyl (C=O) groups is 4. The van der Waals surface area contributed by atoms with E-state index >= 15 is 0 Å². The molecule has 1 saturated carbocycles. The SMILES string of the molecule is O=C1CCC(N2C(=O)c3ccc(NCCCCCCn4cc(-c5cnc6ccc(C7CCOCC7)cc6n5)c(C5CC5)n4)cc3C2=O)C(=O)N1. The minimum Gasteiger partial charge on any atom is -0.385 e. The predicted molar refractivity (Wildman–Crippen MR) is 186 cm³/mol. The van der Waals surface area contributed by atoms with Crippen LogP contribution < -0.4 is 10.6 Å². The van der Waals surface area contributed by atoms with Gasteiger partial charge in [0.25, 0.3) is 11.8 Å². The Labute approximate surface area is 290 Å².